The van der Waals surface area contributed by atoms with Gasteiger partial charge in [0.25, 0.3) is 10.0 Å². The first kappa shape index (κ1) is 19.4. The zero-order valence-electron chi connectivity index (χ0n) is 14.2. The molecule has 0 aliphatic rings. The van der Waals surface area contributed by atoms with E-state index in [2.05, 4.69) is 9.44 Å². The maximum Gasteiger partial charge on any atom is 0.261 e. The van der Waals surface area contributed by atoms with Crippen LogP contribution in [-0.2, 0) is 26.5 Å². The van der Waals surface area contributed by atoms with Crippen molar-refractivity contribution in [2.45, 2.75) is 36.5 Å². The van der Waals surface area contributed by atoms with E-state index < -0.39 is 20.0 Å². The van der Waals surface area contributed by atoms with Gasteiger partial charge in [0.1, 0.15) is 0 Å². The number of benzene rings is 2. The molecule has 0 fully saturated rings. The molecule has 2 aromatic rings. The Morgan fingerprint density at radius 2 is 1.28 bits per heavy atom. The summed E-state index contributed by atoms with van der Waals surface area (Å²) < 4.78 is 53.7. The van der Waals surface area contributed by atoms with Gasteiger partial charge in [0.15, 0.2) is 0 Å². The molecule has 0 unspecified atom stereocenters. The smallest absolute Gasteiger partial charge is 0.261 e. The minimum Gasteiger partial charge on any atom is -0.280 e. The fraction of sp³-hybridized carbons (Fsp3) is 0.294. The SMILES string of the molecule is CCCNS(=O)(=O)c1ccc(NS(=O)(=O)c2ccc(CC)cc2)cc1. The van der Waals surface area contributed by atoms with Crippen LogP contribution in [0.1, 0.15) is 25.8 Å². The Bertz CT molecular complexity index is 904. The number of aryl methyl sites for hydroxylation is 1. The lowest BCUT2D eigenvalue weighted by Crippen LogP contribution is -2.24. The summed E-state index contributed by atoms with van der Waals surface area (Å²) in [5.74, 6) is 0. The van der Waals surface area contributed by atoms with E-state index in [1.807, 2.05) is 13.8 Å². The average Bonchev–Trinajstić information content (AvgIpc) is 2.60. The number of rotatable bonds is 8. The van der Waals surface area contributed by atoms with E-state index in [0.717, 1.165) is 12.0 Å². The monoisotopic (exact) mass is 382 g/mol. The normalized spacial score (nSPS) is 12.1. The van der Waals surface area contributed by atoms with Gasteiger partial charge in [0.05, 0.1) is 9.79 Å². The van der Waals surface area contributed by atoms with E-state index in [1.54, 1.807) is 24.3 Å². The Hall–Kier alpha value is -1.90. The van der Waals surface area contributed by atoms with Gasteiger partial charge in [-0.1, -0.05) is 26.0 Å². The first-order valence-electron chi connectivity index (χ1n) is 8.00. The molecule has 0 aliphatic carbocycles. The largest absolute Gasteiger partial charge is 0.280 e. The summed E-state index contributed by atoms with van der Waals surface area (Å²) in [7, 11) is -7.29. The van der Waals surface area contributed by atoms with E-state index in [4.69, 9.17) is 0 Å². The molecule has 2 aromatic carbocycles. The molecule has 25 heavy (non-hydrogen) atoms. The van der Waals surface area contributed by atoms with Gasteiger partial charge in [-0.3, -0.25) is 4.72 Å². The van der Waals surface area contributed by atoms with Crippen LogP contribution in [0, 0.1) is 0 Å². The zero-order valence-corrected chi connectivity index (χ0v) is 15.8. The van der Waals surface area contributed by atoms with Crippen molar-refractivity contribution in [3.8, 4) is 0 Å². The maximum absolute atomic E-state index is 12.4. The van der Waals surface area contributed by atoms with Gasteiger partial charge in [-0.05, 0) is 54.8 Å². The van der Waals surface area contributed by atoms with Crippen molar-refractivity contribution in [1.29, 1.82) is 0 Å². The van der Waals surface area contributed by atoms with E-state index in [-0.39, 0.29) is 9.79 Å². The van der Waals surface area contributed by atoms with Crippen molar-refractivity contribution >= 4 is 25.7 Å². The van der Waals surface area contributed by atoms with Crippen LogP contribution < -0.4 is 9.44 Å². The van der Waals surface area contributed by atoms with Crippen LogP contribution in [-0.4, -0.2) is 23.4 Å². The van der Waals surface area contributed by atoms with Gasteiger partial charge in [0, 0.05) is 12.2 Å². The molecular formula is C17H22N2O4S2. The van der Waals surface area contributed by atoms with Crippen molar-refractivity contribution in [3.63, 3.8) is 0 Å². The number of sulfonamides is 2. The van der Waals surface area contributed by atoms with Gasteiger partial charge in [-0.2, -0.15) is 0 Å². The molecule has 0 radical (unpaired) electrons. The second-order valence-corrected chi connectivity index (χ2v) is 8.97. The Morgan fingerprint density at radius 1 is 0.760 bits per heavy atom. The summed E-state index contributed by atoms with van der Waals surface area (Å²) in [6, 6.07) is 12.2. The molecule has 6 nitrogen and oxygen atoms in total. The highest BCUT2D eigenvalue weighted by atomic mass is 32.2. The summed E-state index contributed by atoms with van der Waals surface area (Å²) in [5, 5.41) is 0. The first-order chi connectivity index (χ1) is 11.8. The second-order valence-electron chi connectivity index (χ2n) is 5.53. The van der Waals surface area contributed by atoms with Gasteiger partial charge in [-0.25, -0.2) is 21.6 Å². The Kier molecular flexibility index (Phi) is 6.21. The average molecular weight is 383 g/mol. The lowest BCUT2D eigenvalue weighted by Gasteiger charge is -2.10. The van der Waals surface area contributed by atoms with Crippen LogP contribution in [0.5, 0.6) is 0 Å². The summed E-state index contributed by atoms with van der Waals surface area (Å²) in [6.07, 6.45) is 1.52. The molecule has 8 heteroatoms. The lowest BCUT2D eigenvalue weighted by atomic mass is 10.2. The number of anilines is 1. The van der Waals surface area contributed by atoms with E-state index in [9.17, 15) is 16.8 Å². The fourth-order valence-corrected chi connectivity index (χ4v) is 4.33. The summed E-state index contributed by atoms with van der Waals surface area (Å²) in [4.78, 5) is 0.252. The number of hydrogen-bond acceptors (Lipinski definition) is 4. The van der Waals surface area contributed by atoms with Gasteiger partial charge in [0.2, 0.25) is 10.0 Å². The highest BCUT2D eigenvalue weighted by Crippen LogP contribution is 2.19. The molecule has 0 aromatic heterocycles. The second kappa shape index (κ2) is 7.99. The molecule has 2 N–H and O–H groups in total. The molecule has 0 saturated heterocycles. The van der Waals surface area contributed by atoms with E-state index in [1.165, 1.54) is 24.3 Å². The van der Waals surface area contributed by atoms with Crippen LogP contribution in [0.15, 0.2) is 58.3 Å². The molecule has 0 spiro atoms. The molecule has 0 amide bonds. The van der Waals surface area contributed by atoms with E-state index >= 15 is 0 Å². The highest BCUT2D eigenvalue weighted by molar-refractivity contribution is 7.92. The van der Waals surface area contributed by atoms with Crippen LogP contribution >= 0.6 is 0 Å². The van der Waals surface area contributed by atoms with Crippen molar-refractivity contribution in [2.24, 2.45) is 0 Å². The molecule has 0 saturated carbocycles. The molecule has 0 heterocycles. The van der Waals surface area contributed by atoms with Crippen molar-refractivity contribution in [2.75, 3.05) is 11.3 Å². The van der Waals surface area contributed by atoms with Crippen LogP contribution in [0.2, 0.25) is 0 Å². The third-order valence-corrected chi connectivity index (χ3v) is 6.47. The summed E-state index contributed by atoms with van der Waals surface area (Å²) in [6.45, 7) is 4.21. The Balaban J connectivity index is 2.17. The summed E-state index contributed by atoms with van der Waals surface area (Å²) in [5.41, 5.74) is 1.35. The van der Waals surface area contributed by atoms with Crippen LogP contribution in [0.25, 0.3) is 0 Å². The molecule has 0 bridgehead atoms. The lowest BCUT2D eigenvalue weighted by molar-refractivity contribution is 0.581. The maximum atomic E-state index is 12.4. The van der Waals surface area contributed by atoms with Gasteiger partial charge >= 0.3 is 0 Å². The predicted molar refractivity (Wildman–Crippen MR) is 98.6 cm³/mol. The minimum absolute atomic E-state index is 0.0937. The summed E-state index contributed by atoms with van der Waals surface area (Å²) >= 11 is 0. The first-order valence-corrected chi connectivity index (χ1v) is 11.0. The predicted octanol–water partition coefficient (Wildman–Crippen LogP) is 2.74. The standard InChI is InChI=1S/C17H22N2O4S2/c1-3-13-18-24(20,21)16-11-7-15(8-12-16)19-25(22,23)17-9-5-14(4-2)6-10-17/h5-12,18-19H,3-4,13H2,1-2H3. The molecule has 136 valence electrons. The van der Waals surface area contributed by atoms with Crippen molar-refractivity contribution in [3.05, 3.63) is 54.1 Å². The fourth-order valence-electron chi connectivity index (χ4n) is 2.14. The molecular weight excluding hydrogens is 360 g/mol. The van der Waals surface area contributed by atoms with E-state index in [0.29, 0.717) is 18.7 Å². The molecule has 0 atom stereocenters. The number of nitrogens with one attached hydrogen (secondary N) is 2. The third-order valence-electron chi connectivity index (χ3n) is 3.60. The number of hydrogen-bond donors (Lipinski definition) is 2. The topological polar surface area (TPSA) is 92.3 Å². The minimum atomic E-state index is -3.72. The Labute approximate surface area is 149 Å². The molecule has 2 rings (SSSR count). The van der Waals surface area contributed by atoms with Crippen LogP contribution in [0.4, 0.5) is 5.69 Å². The zero-order chi connectivity index (χ0) is 18.5. The quantitative estimate of drug-likeness (QED) is 0.734. The van der Waals surface area contributed by atoms with Crippen molar-refractivity contribution < 1.29 is 16.8 Å². The van der Waals surface area contributed by atoms with Gasteiger partial charge in [-0.15, -0.1) is 0 Å². The molecule has 0 aliphatic heterocycles. The Morgan fingerprint density at radius 3 is 1.80 bits per heavy atom. The third kappa shape index (κ3) is 5.04. The highest BCUT2D eigenvalue weighted by Gasteiger charge is 2.16. The van der Waals surface area contributed by atoms with Gasteiger partial charge < -0.3 is 0 Å². The van der Waals surface area contributed by atoms with Crippen LogP contribution in [0.3, 0.4) is 0 Å². The van der Waals surface area contributed by atoms with Crippen molar-refractivity contribution in [1.82, 2.24) is 4.72 Å².